The topological polar surface area (TPSA) is 91.3 Å². The maximum atomic E-state index is 13.6. The van der Waals surface area contributed by atoms with Crippen LogP contribution in [0.1, 0.15) is 10.4 Å². The Morgan fingerprint density at radius 1 is 1.08 bits per heavy atom. The maximum absolute atomic E-state index is 13.6. The second-order valence-electron chi connectivity index (χ2n) is 4.48. The molecule has 134 valence electrons. The highest BCUT2D eigenvalue weighted by atomic mass is 32.1. The van der Waals surface area contributed by atoms with Crippen molar-refractivity contribution < 1.29 is 36.6 Å². The molecule has 1 atom stereocenters. The quantitative estimate of drug-likeness (QED) is 0.417. The Hall–Kier alpha value is -2.60. The molecule has 0 unspecified atom stereocenters. The Balaban J connectivity index is 2.24. The third-order valence-corrected chi connectivity index (χ3v) is 3.59. The third-order valence-electron chi connectivity index (χ3n) is 2.90. The Bertz CT molecular complexity index is 787. The number of carbonyl (C=O) groups excluding carboxylic acids is 2. The highest BCUT2D eigenvalue weighted by molar-refractivity contribution is 7.13. The molecule has 0 saturated heterocycles. The molecular formula is C13H8F5N3O3S. The molecule has 0 radical (unpaired) electrons. The molecule has 2 amide bonds. The van der Waals surface area contributed by atoms with Gasteiger partial charge in [0.05, 0.1) is 6.61 Å². The number of anilines is 1. The van der Waals surface area contributed by atoms with Gasteiger partial charge in [-0.05, 0) is 0 Å². The molecule has 0 aliphatic carbocycles. The van der Waals surface area contributed by atoms with Gasteiger partial charge in [-0.3, -0.25) is 9.59 Å². The van der Waals surface area contributed by atoms with Crippen molar-refractivity contribution in [1.82, 2.24) is 10.3 Å². The van der Waals surface area contributed by atoms with Crippen LogP contribution in [0.2, 0.25) is 0 Å². The lowest BCUT2D eigenvalue weighted by Gasteiger charge is -2.16. The standard InChI is InChI=1S/C13H8F5N3O3S/c14-6-5(7(15)9(17)10(18)8(6)16)12(24)20-4(3-22)11(23)21-13-19-1-2-25-13/h1-2,4,22H,3H2,(H,20,24)(H,19,21,23)/t4-/m0/s1. The first-order valence-corrected chi connectivity index (χ1v) is 7.29. The second-order valence-corrected chi connectivity index (χ2v) is 5.37. The van der Waals surface area contributed by atoms with E-state index in [1.807, 2.05) is 0 Å². The summed E-state index contributed by atoms with van der Waals surface area (Å²) in [7, 11) is 0. The molecule has 1 aromatic heterocycles. The molecule has 2 rings (SSSR count). The molecule has 0 spiro atoms. The number of amides is 2. The number of nitrogens with one attached hydrogen (secondary N) is 2. The van der Waals surface area contributed by atoms with Crippen molar-refractivity contribution in [2.24, 2.45) is 0 Å². The third kappa shape index (κ3) is 3.74. The molecule has 0 aliphatic heterocycles. The average molecular weight is 381 g/mol. The Morgan fingerprint density at radius 3 is 2.12 bits per heavy atom. The fraction of sp³-hybridized carbons (Fsp3) is 0.154. The molecule has 0 saturated carbocycles. The molecule has 6 nitrogen and oxygen atoms in total. The van der Waals surface area contributed by atoms with Gasteiger partial charge in [0.2, 0.25) is 5.82 Å². The molecule has 3 N–H and O–H groups in total. The Kier molecular flexibility index (Phi) is 5.64. The zero-order chi connectivity index (χ0) is 18.7. The van der Waals surface area contributed by atoms with Crippen LogP contribution in [0, 0.1) is 29.1 Å². The van der Waals surface area contributed by atoms with Gasteiger partial charge in [-0.2, -0.15) is 0 Å². The normalized spacial score (nSPS) is 11.9. The van der Waals surface area contributed by atoms with Gasteiger partial charge in [-0.1, -0.05) is 0 Å². The number of aromatic nitrogens is 1. The van der Waals surface area contributed by atoms with Crippen LogP contribution >= 0.6 is 11.3 Å². The predicted molar refractivity (Wildman–Crippen MR) is 75.3 cm³/mol. The van der Waals surface area contributed by atoms with Crippen molar-refractivity contribution in [3.63, 3.8) is 0 Å². The first-order valence-electron chi connectivity index (χ1n) is 6.41. The molecule has 0 bridgehead atoms. The lowest BCUT2D eigenvalue weighted by atomic mass is 10.1. The minimum absolute atomic E-state index is 0.105. The lowest BCUT2D eigenvalue weighted by Crippen LogP contribution is -2.46. The summed E-state index contributed by atoms with van der Waals surface area (Å²) >= 11 is 1.01. The van der Waals surface area contributed by atoms with Crippen LogP contribution in [-0.2, 0) is 4.79 Å². The van der Waals surface area contributed by atoms with Crippen LogP contribution in [0.3, 0.4) is 0 Å². The molecule has 12 heteroatoms. The summed E-state index contributed by atoms with van der Waals surface area (Å²) in [6.07, 6.45) is 1.35. The van der Waals surface area contributed by atoms with E-state index < -0.39 is 59.1 Å². The van der Waals surface area contributed by atoms with Gasteiger partial charge >= 0.3 is 0 Å². The minimum atomic E-state index is -2.42. The number of rotatable bonds is 5. The molecule has 0 aliphatic rings. The van der Waals surface area contributed by atoms with Crippen LogP contribution in [0.5, 0.6) is 0 Å². The number of nitrogens with zero attached hydrogens (tertiary/aromatic N) is 1. The van der Waals surface area contributed by atoms with Gasteiger partial charge in [0, 0.05) is 11.6 Å². The van der Waals surface area contributed by atoms with E-state index in [1.54, 1.807) is 5.32 Å². The Labute approximate surface area is 140 Å². The highest BCUT2D eigenvalue weighted by Gasteiger charge is 2.31. The number of thiazole rings is 1. The number of carbonyl (C=O) groups is 2. The molecular weight excluding hydrogens is 373 g/mol. The molecule has 1 aromatic carbocycles. The first kappa shape index (κ1) is 18.7. The Morgan fingerprint density at radius 2 is 1.64 bits per heavy atom. The van der Waals surface area contributed by atoms with E-state index in [-0.39, 0.29) is 5.13 Å². The van der Waals surface area contributed by atoms with Gasteiger partial charge in [0.1, 0.15) is 11.6 Å². The number of hydrogen-bond donors (Lipinski definition) is 3. The summed E-state index contributed by atoms with van der Waals surface area (Å²) in [6.45, 7) is -1.00. The van der Waals surface area contributed by atoms with E-state index in [0.29, 0.717) is 0 Å². The summed E-state index contributed by atoms with van der Waals surface area (Å²) in [5.41, 5.74) is -1.77. The summed E-state index contributed by atoms with van der Waals surface area (Å²) in [6, 6.07) is -1.72. The van der Waals surface area contributed by atoms with Crippen LogP contribution in [-0.4, -0.2) is 34.6 Å². The summed E-state index contributed by atoms with van der Waals surface area (Å²) in [5.74, 6) is -14.5. The predicted octanol–water partition coefficient (Wildman–Crippen LogP) is 1.57. The number of benzene rings is 1. The molecule has 2 aromatic rings. The largest absolute Gasteiger partial charge is 0.394 e. The van der Waals surface area contributed by atoms with Crippen molar-refractivity contribution in [2.45, 2.75) is 6.04 Å². The first-order chi connectivity index (χ1) is 11.8. The van der Waals surface area contributed by atoms with Gasteiger partial charge < -0.3 is 15.7 Å². The van der Waals surface area contributed by atoms with Gasteiger partial charge in [0.15, 0.2) is 28.4 Å². The number of hydrogen-bond acceptors (Lipinski definition) is 5. The molecule has 25 heavy (non-hydrogen) atoms. The van der Waals surface area contributed by atoms with Crippen molar-refractivity contribution in [1.29, 1.82) is 0 Å². The zero-order valence-electron chi connectivity index (χ0n) is 11.9. The maximum Gasteiger partial charge on any atom is 0.258 e. The van der Waals surface area contributed by atoms with Crippen molar-refractivity contribution in [3.05, 3.63) is 46.2 Å². The zero-order valence-corrected chi connectivity index (χ0v) is 12.8. The summed E-state index contributed by atoms with van der Waals surface area (Å²) in [4.78, 5) is 27.4. The van der Waals surface area contributed by atoms with Gasteiger partial charge in [-0.15, -0.1) is 11.3 Å². The molecule has 0 fully saturated rings. The number of halogens is 5. The van der Waals surface area contributed by atoms with Crippen LogP contribution in [0.4, 0.5) is 27.1 Å². The van der Waals surface area contributed by atoms with E-state index >= 15 is 0 Å². The van der Waals surface area contributed by atoms with E-state index in [4.69, 9.17) is 5.11 Å². The smallest absolute Gasteiger partial charge is 0.258 e. The van der Waals surface area contributed by atoms with Crippen LogP contribution in [0.25, 0.3) is 0 Å². The number of aliphatic hydroxyl groups excluding tert-OH is 1. The van der Waals surface area contributed by atoms with E-state index in [0.717, 1.165) is 11.3 Å². The summed E-state index contributed by atoms with van der Waals surface area (Å²) < 4.78 is 66.3. The molecule has 1 heterocycles. The highest BCUT2D eigenvalue weighted by Crippen LogP contribution is 2.23. The number of aliphatic hydroxyl groups is 1. The van der Waals surface area contributed by atoms with Crippen LogP contribution in [0.15, 0.2) is 11.6 Å². The van der Waals surface area contributed by atoms with Crippen molar-refractivity contribution in [3.8, 4) is 0 Å². The second kappa shape index (κ2) is 7.53. The van der Waals surface area contributed by atoms with Gasteiger partial charge in [-0.25, -0.2) is 26.9 Å². The van der Waals surface area contributed by atoms with Crippen molar-refractivity contribution >= 4 is 28.3 Å². The van der Waals surface area contributed by atoms with Crippen molar-refractivity contribution in [2.75, 3.05) is 11.9 Å². The van der Waals surface area contributed by atoms with E-state index in [1.165, 1.54) is 11.6 Å². The van der Waals surface area contributed by atoms with E-state index in [2.05, 4.69) is 10.3 Å². The fourth-order valence-corrected chi connectivity index (χ4v) is 2.24. The monoisotopic (exact) mass is 381 g/mol. The fourth-order valence-electron chi connectivity index (χ4n) is 1.71. The van der Waals surface area contributed by atoms with Crippen LogP contribution < -0.4 is 10.6 Å². The van der Waals surface area contributed by atoms with E-state index in [9.17, 15) is 31.5 Å². The lowest BCUT2D eigenvalue weighted by molar-refractivity contribution is -0.118. The average Bonchev–Trinajstić information content (AvgIpc) is 3.09. The van der Waals surface area contributed by atoms with Gasteiger partial charge in [0.25, 0.3) is 11.8 Å². The SMILES string of the molecule is O=C(N[C@@H](CO)C(=O)Nc1nccs1)c1c(F)c(F)c(F)c(F)c1F. The summed E-state index contributed by atoms with van der Waals surface area (Å²) in [5, 5.41) is 14.6. The minimum Gasteiger partial charge on any atom is -0.394 e.